The number of rotatable bonds is 5. The molecule has 0 atom stereocenters. The molecular formula is C19H25BrN4O3. The van der Waals surface area contributed by atoms with E-state index in [1.165, 1.54) is 38.5 Å². The van der Waals surface area contributed by atoms with Gasteiger partial charge < -0.3 is 10.3 Å². The molecule has 146 valence electrons. The first kappa shape index (κ1) is 18.5. The molecule has 1 aromatic heterocycles. The van der Waals surface area contributed by atoms with Gasteiger partial charge in [0, 0.05) is 17.1 Å². The van der Waals surface area contributed by atoms with Crippen molar-refractivity contribution in [2.45, 2.75) is 44.9 Å². The lowest BCUT2D eigenvalue weighted by Crippen LogP contribution is -2.49. The van der Waals surface area contributed by atoms with Gasteiger partial charge in [-0.05, 0) is 83.7 Å². The Balaban J connectivity index is 1.20. The Morgan fingerprint density at radius 2 is 1.67 bits per heavy atom. The third kappa shape index (κ3) is 4.20. The van der Waals surface area contributed by atoms with Gasteiger partial charge in [0.2, 0.25) is 5.91 Å². The zero-order chi connectivity index (χ0) is 19.0. The van der Waals surface area contributed by atoms with Crippen molar-refractivity contribution >= 4 is 33.7 Å². The highest BCUT2D eigenvalue weighted by Crippen LogP contribution is 2.61. The van der Waals surface area contributed by atoms with Crippen LogP contribution in [0.15, 0.2) is 16.7 Å². The van der Waals surface area contributed by atoms with Crippen LogP contribution in [0.25, 0.3) is 0 Å². The Morgan fingerprint density at radius 1 is 1.04 bits per heavy atom. The molecule has 1 aromatic rings. The summed E-state index contributed by atoms with van der Waals surface area (Å²) >= 11 is 3.24. The van der Waals surface area contributed by atoms with Crippen molar-refractivity contribution < 1.29 is 14.4 Å². The van der Waals surface area contributed by atoms with Crippen molar-refractivity contribution in [1.29, 1.82) is 0 Å². The lowest BCUT2D eigenvalue weighted by molar-refractivity contribution is -0.132. The maximum atomic E-state index is 12.4. The summed E-state index contributed by atoms with van der Waals surface area (Å²) in [6, 6.07) is 1.61. The van der Waals surface area contributed by atoms with Crippen LogP contribution in [0.1, 0.15) is 55.4 Å². The van der Waals surface area contributed by atoms with Crippen LogP contribution in [-0.4, -0.2) is 29.3 Å². The molecule has 0 spiro atoms. The van der Waals surface area contributed by atoms with Crippen LogP contribution in [-0.2, 0) is 9.59 Å². The summed E-state index contributed by atoms with van der Waals surface area (Å²) in [7, 11) is 0. The zero-order valence-corrected chi connectivity index (χ0v) is 16.7. The van der Waals surface area contributed by atoms with Gasteiger partial charge in [0.05, 0.1) is 6.54 Å². The molecule has 4 aliphatic rings. The number of carbonyl (C=O) groups excluding carboxylic acids is 3. The van der Waals surface area contributed by atoms with Crippen LogP contribution >= 0.6 is 15.9 Å². The SMILES string of the molecule is O=C(CC12CC3CC(CC(C3)C1)C2)NCC(=O)NNC(=O)c1cc(Br)c[nH]1. The monoisotopic (exact) mass is 436 g/mol. The lowest BCUT2D eigenvalue weighted by Gasteiger charge is -2.56. The van der Waals surface area contributed by atoms with Gasteiger partial charge in [0.1, 0.15) is 5.69 Å². The van der Waals surface area contributed by atoms with E-state index in [4.69, 9.17) is 0 Å². The van der Waals surface area contributed by atoms with Crippen molar-refractivity contribution in [3.05, 3.63) is 22.4 Å². The van der Waals surface area contributed by atoms with E-state index in [-0.39, 0.29) is 17.9 Å². The molecule has 27 heavy (non-hydrogen) atoms. The first-order valence-electron chi connectivity index (χ1n) is 9.61. The molecule has 0 aromatic carbocycles. The number of H-pyrrole nitrogens is 1. The second kappa shape index (κ2) is 7.30. The zero-order valence-electron chi connectivity index (χ0n) is 15.1. The summed E-state index contributed by atoms with van der Waals surface area (Å²) < 4.78 is 0.746. The van der Waals surface area contributed by atoms with Gasteiger partial charge in [-0.15, -0.1) is 0 Å². The summed E-state index contributed by atoms with van der Waals surface area (Å²) in [5.41, 5.74) is 5.12. The van der Waals surface area contributed by atoms with E-state index in [2.05, 4.69) is 37.1 Å². The molecule has 3 amide bonds. The van der Waals surface area contributed by atoms with Gasteiger partial charge in [0.15, 0.2) is 0 Å². The number of hydrazine groups is 1. The molecular weight excluding hydrogens is 412 g/mol. The Kier molecular flexibility index (Phi) is 5.01. The van der Waals surface area contributed by atoms with E-state index in [0.717, 1.165) is 22.2 Å². The maximum absolute atomic E-state index is 12.4. The topological polar surface area (TPSA) is 103 Å². The second-order valence-electron chi connectivity index (χ2n) is 8.60. The maximum Gasteiger partial charge on any atom is 0.286 e. The number of amides is 3. The van der Waals surface area contributed by atoms with Crippen molar-refractivity contribution in [1.82, 2.24) is 21.2 Å². The van der Waals surface area contributed by atoms with E-state index in [1.807, 2.05) is 0 Å². The summed E-state index contributed by atoms with van der Waals surface area (Å²) in [5, 5.41) is 2.71. The lowest BCUT2D eigenvalue weighted by atomic mass is 9.49. The van der Waals surface area contributed by atoms with Crippen molar-refractivity contribution in [2.24, 2.45) is 23.2 Å². The Hall–Kier alpha value is -1.83. The fraction of sp³-hybridized carbons (Fsp3) is 0.632. The highest BCUT2D eigenvalue weighted by molar-refractivity contribution is 9.10. The van der Waals surface area contributed by atoms with E-state index >= 15 is 0 Å². The number of aromatic amines is 1. The van der Waals surface area contributed by atoms with E-state index in [9.17, 15) is 14.4 Å². The predicted molar refractivity (Wildman–Crippen MR) is 102 cm³/mol. The Bertz CT molecular complexity index is 725. The third-order valence-corrected chi connectivity index (χ3v) is 6.81. The van der Waals surface area contributed by atoms with Crippen molar-refractivity contribution in [3.63, 3.8) is 0 Å². The molecule has 8 heteroatoms. The van der Waals surface area contributed by atoms with Gasteiger partial charge in [-0.1, -0.05) is 0 Å². The first-order valence-corrected chi connectivity index (χ1v) is 10.4. The summed E-state index contributed by atoms with van der Waals surface area (Å²) in [4.78, 5) is 38.9. The van der Waals surface area contributed by atoms with Crippen LogP contribution in [0.2, 0.25) is 0 Å². The fourth-order valence-corrected chi connectivity index (χ4v) is 6.17. The molecule has 4 N–H and O–H groups in total. The molecule has 0 unspecified atom stereocenters. The average Bonchev–Trinajstić information content (AvgIpc) is 3.03. The standard InChI is InChI=1S/C19H25BrN4O3/c20-14-4-15(21-9-14)18(27)24-23-17(26)10-22-16(25)8-19-5-11-1-12(6-19)3-13(2-11)7-19/h4,9,11-13,21H,1-3,5-8,10H2,(H,22,25)(H,23,26)(H,24,27). The quantitative estimate of drug-likeness (QED) is 0.532. The molecule has 0 aliphatic heterocycles. The van der Waals surface area contributed by atoms with Crippen LogP contribution in [0.3, 0.4) is 0 Å². The average molecular weight is 437 g/mol. The predicted octanol–water partition coefficient (Wildman–Crippen LogP) is 2.26. The van der Waals surface area contributed by atoms with E-state index in [1.54, 1.807) is 12.3 Å². The smallest absolute Gasteiger partial charge is 0.286 e. The third-order valence-electron chi connectivity index (χ3n) is 6.35. The molecule has 7 nitrogen and oxygen atoms in total. The molecule has 4 aliphatic carbocycles. The summed E-state index contributed by atoms with van der Waals surface area (Å²) in [6.07, 6.45) is 9.69. The number of hydrogen-bond donors (Lipinski definition) is 4. The highest BCUT2D eigenvalue weighted by atomic mass is 79.9. The summed E-state index contributed by atoms with van der Waals surface area (Å²) in [5.74, 6) is 1.44. The van der Waals surface area contributed by atoms with Crippen molar-refractivity contribution in [2.75, 3.05) is 6.54 Å². The number of carbonyl (C=O) groups is 3. The van der Waals surface area contributed by atoms with Gasteiger partial charge >= 0.3 is 0 Å². The molecule has 1 heterocycles. The van der Waals surface area contributed by atoms with Crippen LogP contribution < -0.4 is 16.2 Å². The molecule has 5 rings (SSSR count). The molecule has 0 radical (unpaired) electrons. The van der Waals surface area contributed by atoms with E-state index < -0.39 is 11.8 Å². The van der Waals surface area contributed by atoms with Crippen molar-refractivity contribution in [3.8, 4) is 0 Å². The van der Waals surface area contributed by atoms with E-state index in [0.29, 0.717) is 12.1 Å². The van der Waals surface area contributed by atoms with Gasteiger partial charge in [-0.2, -0.15) is 0 Å². The minimum absolute atomic E-state index is 0.0632. The number of halogens is 1. The number of aromatic nitrogens is 1. The minimum Gasteiger partial charge on any atom is -0.356 e. The molecule has 4 saturated carbocycles. The largest absolute Gasteiger partial charge is 0.356 e. The first-order chi connectivity index (χ1) is 12.9. The van der Waals surface area contributed by atoms with Gasteiger partial charge in [0.25, 0.3) is 11.8 Å². The van der Waals surface area contributed by atoms with Gasteiger partial charge in [-0.3, -0.25) is 25.2 Å². The van der Waals surface area contributed by atoms with Gasteiger partial charge in [-0.25, -0.2) is 0 Å². The molecule has 4 fully saturated rings. The minimum atomic E-state index is -0.451. The normalized spacial score (nSPS) is 30.8. The number of hydrogen-bond acceptors (Lipinski definition) is 3. The van der Waals surface area contributed by atoms with Crippen LogP contribution in [0.4, 0.5) is 0 Å². The number of nitrogens with one attached hydrogen (secondary N) is 4. The molecule has 0 saturated heterocycles. The highest BCUT2D eigenvalue weighted by Gasteiger charge is 2.51. The molecule has 4 bridgehead atoms. The Morgan fingerprint density at radius 3 is 2.22 bits per heavy atom. The fourth-order valence-electron chi connectivity index (χ4n) is 5.83. The summed E-state index contributed by atoms with van der Waals surface area (Å²) in [6.45, 7) is -0.139. The van der Waals surface area contributed by atoms with Crippen LogP contribution in [0, 0.1) is 23.2 Å². The Labute approximate surface area is 166 Å². The second-order valence-corrected chi connectivity index (χ2v) is 9.52. The van der Waals surface area contributed by atoms with Crippen LogP contribution in [0.5, 0.6) is 0 Å².